The highest BCUT2D eigenvalue weighted by atomic mass is 19.1. The Morgan fingerprint density at radius 1 is 1.32 bits per heavy atom. The van der Waals surface area contributed by atoms with E-state index in [1.165, 1.54) is 12.1 Å². The van der Waals surface area contributed by atoms with Gasteiger partial charge in [0.25, 0.3) is 0 Å². The first kappa shape index (κ1) is 16.0. The molecule has 0 saturated heterocycles. The third-order valence-electron chi connectivity index (χ3n) is 3.07. The van der Waals surface area contributed by atoms with Gasteiger partial charge in [-0.1, -0.05) is 19.4 Å². The topological polar surface area (TPSA) is 47.3 Å². The summed E-state index contributed by atoms with van der Waals surface area (Å²) in [5.74, 6) is 4.41. The molecule has 3 nitrogen and oxygen atoms in total. The summed E-state index contributed by atoms with van der Waals surface area (Å²) in [6.45, 7) is 4.54. The molecule has 0 aliphatic carbocycles. The molecule has 0 saturated carbocycles. The van der Waals surface area contributed by atoms with E-state index in [9.17, 15) is 8.78 Å². The first-order chi connectivity index (χ1) is 9.12. The Bertz CT molecular complexity index is 382. The Morgan fingerprint density at radius 2 is 2.05 bits per heavy atom. The zero-order valence-corrected chi connectivity index (χ0v) is 11.5. The average Bonchev–Trinajstić information content (AvgIpc) is 2.38. The van der Waals surface area contributed by atoms with E-state index in [0.29, 0.717) is 18.6 Å². The molecule has 0 aliphatic heterocycles. The van der Waals surface area contributed by atoms with Crippen LogP contribution in [0, 0.1) is 11.6 Å². The summed E-state index contributed by atoms with van der Waals surface area (Å²) in [5.41, 5.74) is 3.11. The molecule has 1 rings (SSSR count). The fourth-order valence-corrected chi connectivity index (χ4v) is 2.12. The average molecular weight is 272 g/mol. The SMILES string of the molecule is CCCC(OCC)C(Cc1ccc(F)cc1F)NN. The summed E-state index contributed by atoms with van der Waals surface area (Å²) < 4.78 is 32.1. The van der Waals surface area contributed by atoms with Gasteiger partial charge in [0, 0.05) is 12.7 Å². The molecule has 5 heteroatoms. The molecule has 2 unspecified atom stereocenters. The molecule has 0 aliphatic rings. The van der Waals surface area contributed by atoms with Crippen LogP contribution in [0.15, 0.2) is 18.2 Å². The molecular formula is C14H22F2N2O. The maximum absolute atomic E-state index is 13.6. The molecule has 0 heterocycles. The lowest BCUT2D eigenvalue weighted by atomic mass is 9.98. The summed E-state index contributed by atoms with van der Waals surface area (Å²) in [6, 6.07) is 3.39. The summed E-state index contributed by atoms with van der Waals surface area (Å²) in [5, 5.41) is 0. The minimum atomic E-state index is -0.576. The van der Waals surface area contributed by atoms with Crippen molar-refractivity contribution in [1.29, 1.82) is 0 Å². The quantitative estimate of drug-likeness (QED) is 0.565. The molecule has 2 atom stereocenters. The van der Waals surface area contributed by atoms with Gasteiger partial charge in [-0.15, -0.1) is 0 Å². The maximum Gasteiger partial charge on any atom is 0.129 e. The molecule has 0 radical (unpaired) electrons. The molecule has 108 valence electrons. The van der Waals surface area contributed by atoms with Gasteiger partial charge >= 0.3 is 0 Å². The predicted octanol–water partition coefficient (Wildman–Crippen LogP) is 2.54. The predicted molar refractivity (Wildman–Crippen MR) is 71.5 cm³/mol. The molecule has 0 spiro atoms. The summed E-state index contributed by atoms with van der Waals surface area (Å²) in [6.07, 6.45) is 2.08. The van der Waals surface area contributed by atoms with E-state index in [1.54, 1.807) is 0 Å². The highest BCUT2D eigenvalue weighted by Gasteiger charge is 2.21. The number of hydrazine groups is 1. The second-order valence-electron chi connectivity index (χ2n) is 4.50. The van der Waals surface area contributed by atoms with Crippen molar-refractivity contribution in [3.63, 3.8) is 0 Å². The smallest absolute Gasteiger partial charge is 0.129 e. The Hall–Kier alpha value is -1.04. The van der Waals surface area contributed by atoms with Gasteiger partial charge in [-0.05, 0) is 31.4 Å². The molecule has 1 aromatic carbocycles. The lowest BCUT2D eigenvalue weighted by molar-refractivity contribution is 0.0280. The van der Waals surface area contributed by atoms with Crippen LogP contribution < -0.4 is 11.3 Å². The standard InChI is InChI=1S/C14H22F2N2O/c1-3-5-14(19-4-2)13(18-17)8-10-6-7-11(15)9-12(10)16/h6-7,9,13-14,18H,3-5,8,17H2,1-2H3. The normalized spacial score (nSPS) is 14.4. The minimum Gasteiger partial charge on any atom is -0.377 e. The molecule has 0 amide bonds. The number of rotatable bonds is 8. The van der Waals surface area contributed by atoms with Crippen LogP contribution in [0.1, 0.15) is 32.3 Å². The monoisotopic (exact) mass is 272 g/mol. The van der Waals surface area contributed by atoms with Crippen LogP contribution in [0.4, 0.5) is 8.78 Å². The lowest BCUT2D eigenvalue weighted by Crippen LogP contribution is -2.46. The van der Waals surface area contributed by atoms with E-state index in [-0.39, 0.29) is 12.1 Å². The fraction of sp³-hybridized carbons (Fsp3) is 0.571. The fourth-order valence-electron chi connectivity index (χ4n) is 2.12. The molecule has 0 aromatic heterocycles. The Labute approximate surface area is 113 Å². The maximum atomic E-state index is 13.6. The van der Waals surface area contributed by atoms with Gasteiger partial charge in [-0.3, -0.25) is 11.3 Å². The van der Waals surface area contributed by atoms with Gasteiger partial charge in [0.15, 0.2) is 0 Å². The number of nitrogens with two attached hydrogens (primary N) is 1. The number of hydrogen-bond donors (Lipinski definition) is 2. The van der Waals surface area contributed by atoms with Gasteiger partial charge in [-0.2, -0.15) is 0 Å². The Kier molecular flexibility index (Phi) is 6.91. The number of ether oxygens (including phenoxy) is 1. The van der Waals surface area contributed by atoms with E-state index in [1.807, 2.05) is 6.92 Å². The largest absolute Gasteiger partial charge is 0.377 e. The summed E-state index contributed by atoms with van der Waals surface area (Å²) >= 11 is 0. The van der Waals surface area contributed by atoms with Crippen LogP contribution in [-0.2, 0) is 11.2 Å². The summed E-state index contributed by atoms with van der Waals surface area (Å²) in [4.78, 5) is 0. The summed E-state index contributed by atoms with van der Waals surface area (Å²) in [7, 11) is 0. The minimum absolute atomic E-state index is 0.0792. The lowest BCUT2D eigenvalue weighted by Gasteiger charge is -2.26. The Balaban J connectivity index is 2.78. The molecule has 19 heavy (non-hydrogen) atoms. The number of benzene rings is 1. The first-order valence-corrected chi connectivity index (χ1v) is 6.64. The number of nitrogens with one attached hydrogen (secondary N) is 1. The number of halogens is 2. The molecule has 0 fully saturated rings. The molecule has 1 aromatic rings. The van der Waals surface area contributed by atoms with Gasteiger partial charge in [0.05, 0.1) is 12.1 Å². The van der Waals surface area contributed by atoms with Crippen LogP contribution >= 0.6 is 0 Å². The third-order valence-corrected chi connectivity index (χ3v) is 3.07. The highest BCUT2D eigenvalue weighted by Crippen LogP contribution is 2.16. The van der Waals surface area contributed by atoms with Crippen molar-refractivity contribution < 1.29 is 13.5 Å². The first-order valence-electron chi connectivity index (χ1n) is 6.64. The molecule has 3 N–H and O–H groups in total. The van der Waals surface area contributed by atoms with Gasteiger partial charge < -0.3 is 4.74 Å². The van der Waals surface area contributed by atoms with Gasteiger partial charge in [-0.25, -0.2) is 8.78 Å². The van der Waals surface area contributed by atoms with E-state index >= 15 is 0 Å². The third kappa shape index (κ3) is 4.86. The van der Waals surface area contributed by atoms with Crippen LogP contribution in [0.2, 0.25) is 0 Å². The van der Waals surface area contributed by atoms with Crippen molar-refractivity contribution in [3.8, 4) is 0 Å². The zero-order chi connectivity index (χ0) is 14.3. The van der Waals surface area contributed by atoms with E-state index < -0.39 is 11.6 Å². The van der Waals surface area contributed by atoms with Crippen LogP contribution in [0.3, 0.4) is 0 Å². The second kappa shape index (κ2) is 8.19. The molecular weight excluding hydrogens is 250 g/mol. The number of hydrogen-bond acceptors (Lipinski definition) is 3. The van der Waals surface area contributed by atoms with Crippen molar-refractivity contribution in [1.82, 2.24) is 5.43 Å². The van der Waals surface area contributed by atoms with E-state index in [0.717, 1.165) is 18.9 Å². The van der Waals surface area contributed by atoms with Crippen LogP contribution in [0.25, 0.3) is 0 Å². The zero-order valence-electron chi connectivity index (χ0n) is 11.5. The van der Waals surface area contributed by atoms with Gasteiger partial charge in [0.1, 0.15) is 11.6 Å². The molecule has 0 bridgehead atoms. The highest BCUT2D eigenvalue weighted by molar-refractivity contribution is 5.20. The van der Waals surface area contributed by atoms with Crippen molar-refractivity contribution in [2.75, 3.05) is 6.61 Å². The van der Waals surface area contributed by atoms with Gasteiger partial charge in [0.2, 0.25) is 0 Å². The second-order valence-corrected chi connectivity index (χ2v) is 4.50. The van der Waals surface area contributed by atoms with Crippen LogP contribution in [-0.4, -0.2) is 18.8 Å². The van der Waals surface area contributed by atoms with E-state index in [2.05, 4.69) is 12.3 Å². The van der Waals surface area contributed by atoms with Crippen molar-refractivity contribution in [2.45, 2.75) is 45.3 Å². The van der Waals surface area contributed by atoms with Crippen LogP contribution in [0.5, 0.6) is 0 Å². The Morgan fingerprint density at radius 3 is 2.58 bits per heavy atom. The van der Waals surface area contributed by atoms with Crippen molar-refractivity contribution >= 4 is 0 Å². The van der Waals surface area contributed by atoms with Crippen molar-refractivity contribution in [3.05, 3.63) is 35.4 Å². The van der Waals surface area contributed by atoms with Crippen molar-refractivity contribution in [2.24, 2.45) is 5.84 Å². The van der Waals surface area contributed by atoms with E-state index in [4.69, 9.17) is 10.6 Å².